The number of alkyl halides is 4. The second kappa shape index (κ2) is 6.41. The van der Waals surface area contributed by atoms with Gasteiger partial charge in [0.15, 0.2) is 0 Å². The zero-order valence-electron chi connectivity index (χ0n) is 14.0. The highest BCUT2D eigenvalue weighted by Crippen LogP contribution is 2.57. The van der Waals surface area contributed by atoms with Crippen molar-refractivity contribution in [3.05, 3.63) is 23.8 Å². The topological polar surface area (TPSA) is 38.8 Å². The highest BCUT2D eigenvalue weighted by Gasteiger charge is 2.54. The molecule has 0 bridgehead atoms. The third-order valence-electron chi connectivity index (χ3n) is 5.56. The Hall–Kier alpha value is -1.28. The number of hydrogen-bond acceptors (Lipinski definition) is 3. The normalized spacial score (nSPS) is 23.0. The van der Waals surface area contributed by atoms with E-state index in [0.717, 1.165) is 31.2 Å². The number of fused-ring (bicyclic) bond motifs is 2. The standard InChI is InChI=1S/C18H19BrF3NO3/c19-15(11-3-7-25-8-4-11)16(24)23-10-17(5-6-17)13-2-1-12(9-14(13)23)26-18(20,21)22/h1-2,9,11,15H,3-8,10H2. The van der Waals surface area contributed by atoms with Crippen molar-refractivity contribution in [2.75, 3.05) is 24.7 Å². The number of nitrogens with zero attached hydrogens (tertiary/aromatic N) is 1. The number of ether oxygens (including phenoxy) is 2. The number of carbonyl (C=O) groups excluding carboxylic acids is 1. The lowest BCUT2D eigenvalue weighted by atomic mass is 9.95. The van der Waals surface area contributed by atoms with Crippen LogP contribution in [0.5, 0.6) is 5.75 Å². The number of anilines is 1. The Bertz CT molecular complexity index is 714. The van der Waals surface area contributed by atoms with E-state index in [1.54, 1.807) is 11.0 Å². The first kappa shape index (κ1) is 18.1. The Labute approximate surface area is 157 Å². The van der Waals surface area contributed by atoms with Crippen molar-refractivity contribution in [1.29, 1.82) is 0 Å². The van der Waals surface area contributed by atoms with Gasteiger partial charge >= 0.3 is 6.36 Å². The lowest BCUT2D eigenvalue weighted by molar-refractivity contribution is -0.274. The summed E-state index contributed by atoms with van der Waals surface area (Å²) < 4.78 is 47.1. The summed E-state index contributed by atoms with van der Waals surface area (Å²) >= 11 is 3.53. The molecule has 0 aromatic heterocycles. The summed E-state index contributed by atoms with van der Waals surface area (Å²) in [5, 5.41) is 0. The van der Waals surface area contributed by atoms with Crippen LogP contribution >= 0.6 is 15.9 Å². The maximum absolute atomic E-state index is 13.1. The van der Waals surface area contributed by atoms with Crippen molar-refractivity contribution in [2.45, 2.75) is 42.3 Å². The minimum atomic E-state index is -4.75. The van der Waals surface area contributed by atoms with Gasteiger partial charge in [-0.25, -0.2) is 0 Å². The Morgan fingerprint density at radius 2 is 2.00 bits per heavy atom. The van der Waals surface area contributed by atoms with E-state index in [4.69, 9.17) is 4.74 Å². The van der Waals surface area contributed by atoms with Gasteiger partial charge in [-0.1, -0.05) is 22.0 Å². The molecule has 3 aliphatic rings. The molecule has 1 spiro atoms. The van der Waals surface area contributed by atoms with Crippen LogP contribution in [0.25, 0.3) is 0 Å². The molecule has 1 aromatic carbocycles. The van der Waals surface area contributed by atoms with E-state index in [0.29, 0.717) is 25.4 Å². The van der Waals surface area contributed by atoms with Crippen molar-refractivity contribution < 1.29 is 27.4 Å². The average Bonchev–Trinajstić information content (AvgIpc) is 3.31. The monoisotopic (exact) mass is 433 g/mol. The Balaban J connectivity index is 1.60. The molecule has 2 aliphatic heterocycles. The van der Waals surface area contributed by atoms with Gasteiger partial charge in [0.25, 0.3) is 0 Å². The summed E-state index contributed by atoms with van der Waals surface area (Å²) in [5.74, 6) is -0.208. The van der Waals surface area contributed by atoms with E-state index in [2.05, 4.69) is 20.7 Å². The van der Waals surface area contributed by atoms with Gasteiger partial charge < -0.3 is 14.4 Å². The van der Waals surface area contributed by atoms with Gasteiger partial charge in [0.05, 0.1) is 10.5 Å². The number of carbonyl (C=O) groups is 1. The van der Waals surface area contributed by atoms with Crippen LogP contribution in [0.2, 0.25) is 0 Å². The Morgan fingerprint density at radius 3 is 2.62 bits per heavy atom. The first-order valence-corrected chi connectivity index (χ1v) is 9.64. The van der Waals surface area contributed by atoms with Gasteiger partial charge in [0.2, 0.25) is 5.91 Å². The van der Waals surface area contributed by atoms with Crippen molar-refractivity contribution in [3.63, 3.8) is 0 Å². The summed E-state index contributed by atoms with van der Waals surface area (Å²) in [6, 6.07) is 4.36. The van der Waals surface area contributed by atoms with Gasteiger partial charge in [0, 0.05) is 31.2 Å². The molecule has 1 aromatic rings. The number of rotatable bonds is 3. The molecule has 1 unspecified atom stereocenters. The fourth-order valence-corrected chi connectivity index (χ4v) is 4.76. The molecule has 26 heavy (non-hydrogen) atoms. The first-order chi connectivity index (χ1) is 12.3. The van der Waals surface area contributed by atoms with E-state index in [1.807, 2.05) is 0 Å². The molecule has 142 valence electrons. The molecule has 0 radical (unpaired) electrons. The van der Waals surface area contributed by atoms with Crippen LogP contribution in [0, 0.1) is 5.92 Å². The largest absolute Gasteiger partial charge is 0.573 e. The quantitative estimate of drug-likeness (QED) is 0.671. The third-order valence-corrected chi connectivity index (χ3v) is 6.70. The molecule has 1 atom stereocenters. The third kappa shape index (κ3) is 3.33. The van der Waals surface area contributed by atoms with E-state index < -0.39 is 6.36 Å². The Morgan fingerprint density at radius 1 is 1.31 bits per heavy atom. The van der Waals surface area contributed by atoms with Gasteiger partial charge in [-0.2, -0.15) is 0 Å². The van der Waals surface area contributed by atoms with Gasteiger partial charge in [-0.05, 0) is 43.2 Å². The van der Waals surface area contributed by atoms with Crippen molar-refractivity contribution >= 4 is 27.5 Å². The van der Waals surface area contributed by atoms with Crippen LogP contribution in [-0.4, -0.2) is 36.9 Å². The van der Waals surface area contributed by atoms with Crippen LogP contribution in [0.1, 0.15) is 31.2 Å². The molecular weight excluding hydrogens is 415 g/mol. The fraction of sp³-hybridized carbons (Fsp3) is 0.611. The minimum absolute atomic E-state index is 0.0916. The van der Waals surface area contributed by atoms with E-state index >= 15 is 0 Å². The predicted octanol–water partition coefficient (Wildman–Crippen LogP) is 4.15. The van der Waals surface area contributed by atoms with Gasteiger partial charge in [0.1, 0.15) is 5.75 Å². The van der Waals surface area contributed by atoms with E-state index in [-0.39, 0.29) is 27.8 Å². The van der Waals surface area contributed by atoms with Crippen LogP contribution < -0.4 is 9.64 Å². The molecule has 0 N–H and O–H groups in total. The van der Waals surface area contributed by atoms with Crippen LogP contribution in [-0.2, 0) is 14.9 Å². The number of halogens is 4. The molecule has 2 heterocycles. The molecule has 1 saturated carbocycles. The summed E-state index contributed by atoms with van der Waals surface area (Å²) in [4.78, 5) is 14.4. The smallest absolute Gasteiger partial charge is 0.406 e. The highest BCUT2D eigenvalue weighted by atomic mass is 79.9. The molecular formula is C18H19BrF3NO3. The summed E-state index contributed by atoms with van der Waals surface area (Å²) in [6.45, 7) is 1.79. The molecule has 4 rings (SSSR count). The number of benzene rings is 1. The van der Waals surface area contributed by atoms with Crippen LogP contribution in [0.15, 0.2) is 18.2 Å². The van der Waals surface area contributed by atoms with E-state index in [1.165, 1.54) is 12.1 Å². The minimum Gasteiger partial charge on any atom is -0.406 e. The van der Waals surface area contributed by atoms with Crippen LogP contribution in [0.4, 0.5) is 18.9 Å². The number of amides is 1. The summed E-state index contributed by atoms with van der Waals surface area (Å²) in [6.07, 6.45) is -1.25. The lowest BCUT2D eigenvalue weighted by Gasteiger charge is -2.29. The van der Waals surface area contributed by atoms with Crippen LogP contribution in [0.3, 0.4) is 0 Å². The predicted molar refractivity (Wildman–Crippen MR) is 92.6 cm³/mol. The Kier molecular flexibility index (Phi) is 4.46. The van der Waals surface area contributed by atoms with Gasteiger partial charge in [-0.3, -0.25) is 4.79 Å². The average molecular weight is 434 g/mol. The van der Waals surface area contributed by atoms with Gasteiger partial charge in [-0.15, -0.1) is 13.2 Å². The molecule has 1 aliphatic carbocycles. The summed E-state index contributed by atoms with van der Waals surface area (Å²) in [7, 11) is 0. The zero-order chi connectivity index (χ0) is 18.5. The molecule has 8 heteroatoms. The highest BCUT2D eigenvalue weighted by molar-refractivity contribution is 9.10. The maximum Gasteiger partial charge on any atom is 0.573 e. The summed E-state index contributed by atoms with van der Waals surface area (Å²) in [5.41, 5.74) is 1.40. The number of hydrogen-bond donors (Lipinski definition) is 0. The molecule has 2 fully saturated rings. The lowest BCUT2D eigenvalue weighted by Crippen LogP contribution is -2.41. The van der Waals surface area contributed by atoms with Crippen molar-refractivity contribution in [3.8, 4) is 5.75 Å². The second-order valence-electron chi connectivity index (χ2n) is 7.28. The van der Waals surface area contributed by atoms with Crippen molar-refractivity contribution in [2.24, 2.45) is 5.92 Å². The molecule has 4 nitrogen and oxygen atoms in total. The molecule has 1 saturated heterocycles. The SMILES string of the molecule is O=C(C(Br)C1CCOCC1)N1CC2(CC2)c2ccc(OC(F)(F)F)cc21. The molecule has 1 amide bonds. The fourth-order valence-electron chi connectivity index (χ4n) is 3.99. The van der Waals surface area contributed by atoms with E-state index in [9.17, 15) is 18.0 Å². The second-order valence-corrected chi connectivity index (χ2v) is 8.27. The first-order valence-electron chi connectivity index (χ1n) is 8.73. The van der Waals surface area contributed by atoms with Crippen molar-refractivity contribution in [1.82, 2.24) is 0 Å². The zero-order valence-corrected chi connectivity index (χ0v) is 15.6. The maximum atomic E-state index is 13.1.